The van der Waals surface area contributed by atoms with Gasteiger partial charge in [-0.2, -0.15) is 0 Å². The number of carbonyl (C=O) groups is 1. The normalized spacial score (nSPS) is 11.6. The first kappa shape index (κ1) is 15.4. The van der Waals surface area contributed by atoms with E-state index in [1.54, 1.807) is 11.6 Å². The fourth-order valence-corrected chi connectivity index (χ4v) is 2.67. The van der Waals surface area contributed by atoms with Gasteiger partial charge in [-0.05, 0) is 0 Å². The molecule has 27 heavy (non-hydrogen) atoms. The molecule has 0 bridgehead atoms. The van der Waals surface area contributed by atoms with Crippen LogP contribution in [0.15, 0.2) is 37.3 Å². The summed E-state index contributed by atoms with van der Waals surface area (Å²) in [5, 5.41) is 6.35. The zero-order valence-electron chi connectivity index (χ0n) is 14.8. The molecule has 4 aromatic rings. The third-order valence-corrected chi connectivity index (χ3v) is 3.86. The highest BCUT2D eigenvalue weighted by atomic mass is 19.1. The Hall–Kier alpha value is -3.89. The summed E-state index contributed by atoms with van der Waals surface area (Å²) in [6, 6.07) is 0. The smallest absolute Gasteiger partial charge is 0.263 e. The number of carbonyl (C=O) groups excluding carboxylic acids is 1. The van der Waals surface area contributed by atoms with Gasteiger partial charge in [-0.3, -0.25) is 9.78 Å². The highest BCUT2D eigenvalue weighted by Crippen LogP contribution is 2.30. The molecule has 0 unspecified atom stereocenters. The van der Waals surface area contributed by atoms with E-state index in [-0.39, 0.29) is 28.3 Å². The van der Waals surface area contributed by atoms with Crippen molar-refractivity contribution in [2.45, 2.75) is 0 Å². The fraction of sp³-hybridized carbons (Fsp3) is 0.0625. The van der Waals surface area contributed by atoms with Gasteiger partial charge in [-0.25, -0.2) is 23.3 Å². The number of pyridine rings is 1. The molecule has 0 aromatic carbocycles. The topological polar surface area (TPSA) is 116 Å². The number of hydrogen-bond donors (Lipinski definition) is 2. The molecule has 11 heteroatoms. The fourth-order valence-electron chi connectivity index (χ4n) is 2.67. The Bertz CT molecular complexity index is 1240. The van der Waals surface area contributed by atoms with Gasteiger partial charge in [-0.15, -0.1) is 5.10 Å². The van der Waals surface area contributed by atoms with E-state index >= 15 is 0 Å². The molecule has 0 atom stereocenters. The number of nitrogen functional groups attached to an aromatic ring is 1. The van der Waals surface area contributed by atoms with Crippen LogP contribution in [0.1, 0.15) is 11.7 Å². The summed E-state index contributed by atoms with van der Waals surface area (Å²) in [6.45, 7) is 0. The number of nitrogens with one attached hydrogen (secondary N) is 1. The molecular formula is C16H12F2N8O. The molecule has 4 aromatic heterocycles. The maximum Gasteiger partial charge on any atom is 0.263 e. The van der Waals surface area contributed by atoms with Crippen molar-refractivity contribution in [3.8, 4) is 11.3 Å². The molecule has 4 rings (SSSR count). The SMILES string of the molecule is [2H]c1nc2c(C(=O)Nc3cncc(F)c3-c3cncn3C)[13c](N)nn2cc1F. The minimum Gasteiger partial charge on any atom is -0.381 e. The van der Waals surface area contributed by atoms with Crippen LogP contribution < -0.4 is 11.1 Å². The van der Waals surface area contributed by atoms with Crippen molar-refractivity contribution in [3.63, 3.8) is 0 Å². The maximum atomic E-state index is 14.4. The lowest BCUT2D eigenvalue weighted by Crippen LogP contribution is -2.15. The van der Waals surface area contributed by atoms with Crippen molar-refractivity contribution in [1.82, 2.24) is 29.1 Å². The molecule has 9 nitrogen and oxygen atoms in total. The molecule has 0 radical (unpaired) electrons. The number of nitrogens with two attached hydrogens (primary N) is 1. The Morgan fingerprint density at radius 3 is 2.85 bits per heavy atom. The van der Waals surface area contributed by atoms with Crippen molar-refractivity contribution in [3.05, 3.63) is 54.5 Å². The second kappa shape index (κ2) is 6.12. The number of fused-ring (bicyclic) bond motifs is 1. The van der Waals surface area contributed by atoms with Gasteiger partial charge in [0.15, 0.2) is 23.1 Å². The number of imidazole rings is 1. The van der Waals surface area contributed by atoms with E-state index in [4.69, 9.17) is 7.10 Å². The maximum absolute atomic E-state index is 14.4. The Labute approximate surface area is 151 Å². The number of nitrogens with zero attached hydrogens (tertiary/aromatic N) is 6. The first-order chi connectivity index (χ1) is 13.4. The van der Waals surface area contributed by atoms with Crippen LogP contribution >= 0.6 is 0 Å². The predicted octanol–water partition coefficient (Wildman–Crippen LogP) is 1.64. The predicted molar refractivity (Wildman–Crippen MR) is 91.7 cm³/mol. The number of aromatic nitrogens is 6. The second-order valence-electron chi connectivity index (χ2n) is 5.62. The quantitative estimate of drug-likeness (QED) is 0.565. The van der Waals surface area contributed by atoms with Gasteiger partial charge >= 0.3 is 0 Å². The molecule has 0 aliphatic heterocycles. The van der Waals surface area contributed by atoms with Crippen molar-refractivity contribution in [1.29, 1.82) is 0 Å². The largest absolute Gasteiger partial charge is 0.381 e. The van der Waals surface area contributed by atoms with Crippen LogP contribution in [0.2, 0.25) is 0 Å². The Morgan fingerprint density at radius 1 is 1.30 bits per heavy atom. The van der Waals surface area contributed by atoms with E-state index in [9.17, 15) is 13.6 Å². The molecule has 4 heterocycles. The van der Waals surface area contributed by atoms with Gasteiger partial charge in [0.05, 0.1) is 55.6 Å². The van der Waals surface area contributed by atoms with Gasteiger partial charge in [0.1, 0.15) is 5.56 Å². The van der Waals surface area contributed by atoms with E-state index in [0.29, 0.717) is 5.69 Å². The zero-order valence-corrected chi connectivity index (χ0v) is 13.8. The number of aryl methyl sites for hydroxylation is 1. The first-order valence-electron chi connectivity index (χ1n) is 8.09. The van der Waals surface area contributed by atoms with Gasteiger partial charge in [0, 0.05) is 7.05 Å². The van der Waals surface area contributed by atoms with Crippen LogP contribution in [0.3, 0.4) is 0 Å². The molecule has 1 amide bonds. The molecule has 0 saturated heterocycles. The summed E-state index contributed by atoms with van der Waals surface area (Å²) < 4.78 is 38.0. The van der Waals surface area contributed by atoms with E-state index in [0.717, 1.165) is 16.9 Å². The summed E-state index contributed by atoms with van der Waals surface area (Å²) in [6.07, 6.45) is 5.44. The van der Waals surface area contributed by atoms with Crippen LogP contribution in [0.25, 0.3) is 16.9 Å². The Kier molecular flexibility index (Phi) is 3.49. The number of rotatable bonds is 3. The summed E-state index contributed by atoms with van der Waals surface area (Å²) >= 11 is 0. The standard InChI is InChI=1S/C16H12F2N8O/c1-25-7-21-5-11(25)12-9(18)3-20-4-10(12)23-16(27)13-14(19)24-26-6-8(17)2-22-15(13)26/h2-7H,1H3,(H2,19,24)(H,23,27)/i2D,14+1. The molecule has 136 valence electrons. The average molecular weight is 372 g/mol. The average Bonchev–Trinajstić information content (AvgIpc) is 3.18. The minimum atomic E-state index is -0.921. The second-order valence-corrected chi connectivity index (χ2v) is 5.62. The monoisotopic (exact) mass is 372 g/mol. The molecule has 0 fully saturated rings. The highest BCUT2D eigenvalue weighted by Gasteiger charge is 2.22. The number of amides is 1. The van der Waals surface area contributed by atoms with Crippen LogP contribution in [0.4, 0.5) is 20.3 Å². The van der Waals surface area contributed by atoms with Crippen LogP contribution in [-0.2, 0) is 7.05 Å². The summed E-state index contributed by atoms with van der Waals surface area (Å²) in [7, 11) is 1.67. The van der Waals surface area contributed by atoms with Gasteiger partial charge < -0.3 is 15.6 Å². The Morgan fingerprint density at radius 2 is 2.11 bits per heavy atom. The number of anilines is 2. The summed E-state index contributed by atoms with van der Waals surface area (Å²) in [4.78, 5) is 24.2. The molecule has 0 aliphatic rings. The molecule has 0 aliphatic carbocycles. The lowest BCUT2D eigenvalue weighted by molar-refractivity contribution is 0.102. The third kappa shape index (κ3) is 2.74. The Balaban J connectivity index is 1.80. The molecule has 0 spiro atoms. The van der Waals surface area contributed by atoms with Crippen LogP contribution in [-0.4, -0.2) is 35.0 Å². The zero-order chi connectivity index (χ0) is 20.0. The van der Waals surface area contributed by atoms with Crippen LogP contribution in [0, 0.1) is 11.6 Å². The van der Waals surface area contributed by atoms with Gasteiger partial charge in [-0.1, -0.05) is 0 Å². The number of hydrogen-bond acceptors (Lipinski definition) is 6. The van der Waals surface area contributed by atoms with Gasteiger partial charge in [0.25, 0.3) is 5.91 Å². The summed E-state index contributed by atoms with van der Waals surface area (Å²) in [5.41, 5.74) is 6.06. The van der Waals surface area contributed by atoms with E-state index in [1.807, 2.05) is 0 Å². The lowest BCUT2D eigenvalue weighted by atomic mass is 10.1. The van der Waals surface area contributed by atoms with Crippen LogP contribution in [0.5, 0.6) is 0 Å². The van der Waals surface area contributed by atoms with E-state index in [2.05, 4.69) is 25.4 Å². The van der Waals surface area contributed by atoms with Crippen molar-refractivity contribution < 1.29 is 14.9 Å². The first-order valence-corrected chi connectivity index (χ1v) is 7.59. The number of halogens is 2. The molecule has 0 saturated carbocycles. The molecule has 3 N–H and O–H groups in total. The highest BCUT2D eigenvalue weighted by molar-refractivity contribution is 6.12. The minimum absolute atomic E-state index is 0.0700. The van der Waals surface area contributed by atoms with E-state index in [1.165, 1.54) is 18.7 Å². The van der Waals surface area contributed by atoms with Crippen molar-refractivity contribution >= 4 is 23.1 Å². The summed E-state index contributed by atoms with van der Waals surface area (Å²) in [5.74, 6) is -2.57. The third-order valence-electron chi connectivity index (χ3n) is 3.86. The lowest BCUT2D eigenvalue weighted by Gasteiger charge is -2.11. The molecular weight excluding hydrogens is 359 g/mol. The van der Waals surface area contributed by atoms with E-state index < -0.39 is 23.7 Å². The van der Waals surface area contributed by atoms with Crippen molar-refractivity contribution in [2.75, 3.05) is 11.1 Å². The van der Waals surface area contributed by atoms with Crippen molar-refractivity contribution in [2.24, 2.45) is 7.05 Å². The van der Waals surface area contributed by atoms with Gasteiger partial charge in [0.2, 0.25) is 0 Å².